The number of aliphatic imine (C=N–C) groups is 1. The third-order valence-corrected chi connectivity index (χ3v) is 4.76. The molecule has 26 heavy (non-hydrogen) atoms. The van der Waals surface area contributed by atoms with E-state index in [-0.39, 0.29) is 0 Å². The van der Waals surface area contributed by atoms with E-state index in [4.69, 9.17) is 0 Å². The second kappa shape index (κ2) is 9.38. The molecule has 1 unspecified atom stereocenters. The lowest BCUT2D eigenvalue weighted by atomic mass is 10.2. The number of hydrogen-bond donors (Lipinski definition) is 2. The van der Waals surface area contributed by atoms with Crippen LogP contribution in [0.1, 0.15) is 30.9 Å². The lowest BCUT2D eigenvalue weighted by molar-refractivity contribution is 0.245. The summed E-state index contributed by atoms with van der Waals surface area (Å²) in [5, 5.41) is 11.1. The molecule has 1 aromatic carbocycles. The van der Waals surface area contributed by atoms with Crippen LogP contribution >= 0.6 is 0 Å². The Bertz CT molecular complexity index is 693. The zero-order valence-corrected chi connectivity index (χ0v) is 15.9. The van der Waals surface area contributed by atoms with Gasteiger partial charge in [-0.2, -0.15) is 5.10 Å². The minimum Gasteiger partial charge on any atom is -0.357 e. The van der Waals surface area contributed by atoms with Crippen LogP contribution in [-0.2, 0) is 20.1 Å². The largest absolute Gasteiger partial charge is 0.357 e. The van der Waals surface area contributed by atoms with Gasteiger partial charge in [-0.1, -0.05) is 30.3 Å². The molecule has 2 heterocycles. The number of nitrogens with one attached hydrogen (secondary N) is 2. The molecule has 2 aromatic rings. The zero-order valence-electron chi connectivity index (χ0n) is 15.9. The fourth-order valence-corrected chi connectivity index (χ4v) is 3.43. The first-order valence-corrected chi connectivity index (χ1v) is 9.52. The standard InChI is InChI=1S/C20H30N6/c1-3-21-20(22-12-18-13-24-25(2)15-18)23-14-19-10-7-11-26(19)16-17-8-5-4-6-9-17/h4-6,8-9,13,15,19H,3,7,10-12,14,16H2,1-2H3,(H2,21,22,23). The smallest absolute Gasteiger partial charge is 0.191 e. The molecule has 1 atom stereocenters. The molecule has 6 nitrogen and oxygen atoms in total. The summed E-state index contributed by atoms with van der Waals surface area (Å²) in [5.41, 5.74) is 2.51. The molecule has 2 N–H and O–H groups in total. The molecule has 140 valence electrons. The second-order valence-electron chi connectivity index (χ2n) is 6.85. The predicted octanol–water partition coefficient (Wildman–Crippen LogP) is 2.14. The van der Waals surface area contributed by atoms with E-state index in [0.29, 0.717) is 12.6 Å². The Morgan fingerprint density at radius 2 is 2.08 bits per heavy atom. The van der Waals surface area contributed by atoms with Crippen LogP contribution in [0.2, 0.25) is 0 Å². The number of hydrogen-bond acceptors (Lipinski definition) is 3. The molecule has 0 spiro atoms. The van der Waals surface area contributed by atoms with E-state index in [9.17, 15) is 0 Å². The van der Waals surface area contributed by atoms with Gasteiger partial charge in [0, 0.05) is 44.5 Å². The average molecular weight is 355 g/mol. The van der Waals surface area contributed by atoms with Gasteiger partial charge in [0.05, 0.1) is 12.7 Å². The number of nitrogens with zero attached hydrogens (tertiary/aromatic N) is 4. The lowest BCUT2D eigenvalue weighted by Crippen LogP contribution is -2.44. The van der Waals surface area contributed by atoms with Gasteiger partial charge in [-0.3, -0.25) is 9.58 Å². The maximum atomic E-state index is 4.69. The maximum Gasteiger partial charge on any atom is 0.191 e. The van der Waals surface area contributed by atoms with Crippen LogP contribution in [0, 0.1) is 0 Å². The highest BCUT2D eigenvalue weighted by Gasteiger charge is 2.24. The molecular formula is C20H30N6. The van der Waals surface area contributed by atoms with E-state index >= 15 is 0 Å². The maximum absolute atomic E-state index is 4.69. The van der Waals surface area contributed by atoms with Gasteiger partial charge in [-0.15, -0.1) is 0 Å². The number of benzene rings is 1. The Hall–Kier alpha value is -2.34. The number of aromatic nitrogens is 2. The summed E-state index contributed by atoms with van der Waals surface area (Å²) in [6.07, 6.45) is 6.38. The molecule has 1 aliphatic heterocycles. The zero-order chi connectivity index (χ0) is 18.2. The normalized spacial score (nSPS) is 18.2. The summed E-state index contributed by atoms with van der Waals surface area (Å²) in [7, 11) is 1.93. The van der Waals surface area contributed by atoms with Crippen LogP contribution in [0.15, 0.2) is 47.7 Å². The Labute approximate surface area is 156 Å². The van der Waals surface area contributed by atoms with E-state index < -0.39 is 0 Å². The molecule has 1 aliphatic rings. The van der Waals surface area contributed by atoms with Gasteiger partial charge in [-0.25, -0.2) is 4.99 Å². The van der Waals surface area contributed by atoms with Crippen molar-refractivity contribution in [2.75, 3.05) is 19.6 Å². The average Bonchev–Trinajstić information content (AvgIpc) is 3.27. The summed E-state index contributed by atoms with van der Waals surface area (Å²) in [4.78, 5) is 7.27. The van der Waals surface area contributed by atoms with Crippen molar-refractivity contribution in [2.24, 2.45) is 12.0 Å². The third-order valence-electron chi connectivity index (χ3n) is 4.76. The molecule has 3 rings (SSSR count). The van der Waals surface area contributed by atoms with Gasteiger partial charge in [0.2, 0.25) is 0 Å². The molecule has 6 heteroatoms. The van der Waals surface area contributed by atoms with Gasteiger partial charge in [0.25, 0.3) is 0 Å². The topological polar surface area (TPSA) is 57.5 Å². The first-order chi connectivity index (χ1) is 12.7. The minimum atomic E-state index is 0.553. The van der Waals surface area contributed by atoms with E-state index in [0.717, 1.165) is 31.2 Å². The molecule has 1 aromatic heterocycles. The third kappa shape index (κ3) is 5.33. The molecular weight excluding hydrogens is 324 g/mol. The summed E-state index contributed by atoms with van der Waals surface area (Å²) in [6.45, 7) is 6.71. The molecule has 0 radical (unpaired) electrons. The molecule has 0 saturated carbocycles. The monoisotopic (exact) mass is 354 g/mol. The van der Waals surface area contributed by atoms with E-state index in [1.54, 1.807) is 0 Å². The van der Waals surface area contributed by atoms with E-state index in [1.165, 1.54) is 24.9 Å². The second-order valence-corrected chi connectivity index (χ2v) is 6.85. The van der Waals surface area contributed by atoms with Gasteiger partial charge in [0.15, 0.2) is 5.96 Å². The van der Waals surface area contributed by atoms with Crippen molar-refractivity contribution >= 4 is 5.96 Å². The van der Waals surface area contributed by atoms with Crippen LogP contribution < -0.4 is 10.6 Å². The van der Waals surface area contributed by atoms with Crippen LogP contribution in [0.3, 0.4) is 0 Å². The Kier molecular flexibility index (Phi) is 6.66. The summed E-state index contributed by atoms with van der Waals surface area (Å²) in [5.74, 6) is 0.878. The number of rotatable bonds is 7. The minimum absolute atomic E-state index is 0.553. The highest BCUT2D eigenvalue weighted by Crippen LogP contribution is 2.19. The first kappa shape index (κ1) is 18.5. The molecule has 1 saturated heterocycles. The summed E-state index contributed by atoms with van der Waals surface area (Å²) >= 11 is 0. The number of aryl methyl sites for hydroxylation is 1. The van der Waals surface area contributed by atoms with Gasteiger partial charge >= 0.3 is 0 Å². The molecule has 0 bridgehead atoms. The first-order valence-electron chi connectivity index (χ1n) is 9.52. The fraction of sp³-hybridized carbons (Fsp3) is 0.500. The van der Waals surface area contributed by atoms with E-state index in [1.807, 2.05) is 24.1 Å². The SMILES string of the molecule is CCNC(=NCc1cnn(C)c1)NCC1CCCN1Cc1ccccc1. The van der Waals surface area contributed by atoms with Crippen LogP contribution in [0.5, 0.6) is 0 Å². The van der Waals surface area contributed by atoms with Crippen molar-refractivity contribution in [3.63, 3.8) is 0 Å². The van der Waals surface area contributed by atoms with Crippen LogP contribution in [-0.4, -0.2) is 46.3 Å². The number of guanidine groups is 1. The van der Waals surface area contributed by atoms with Crippen molar-refractivity contribution in [1.29, 1.82) is 0 Å². The van der Waals surface area contributed by atoms with E-state index in [2.05, 4.69) is 62.9 Å². The highest BCUT2D eigenvalue weighted by molar-refractivity contribution is 5.79. The van der Waals surface area contributed by atoms with Gasteiger partial charge in [-0.05, 0) is 31.9 Å². The quantitative estimate of drug-likeness (QED) is 0.591. The Morgan fingerprint density at radius 3 is 2.81 bits per heavy atom. The molecule has 0 amide bonds. The van der Waals surface area contributed by atoms with Crippen molar-refractivity contribution in [1.82, 2.24) is 25.3 Å². The number of likely N-dealkylation sites (tertiary alicyclic amines) is 1. The fourth-order valence-electron chi connectivity index (χ4n) is 3.43. The highest BCUT2D eigenvalue weighted by atomic mass is 15.2. The summed E-state index contributed by atoms with van der Waals surface area (Å²) in [6, 6.07) is 11.3. The molecule has 1 fully saturated rings. The Balaban J connectivity index is 1.53. The van der Waals surface area contributed by atoms with Crippen LogP contribution in [0.25, 0.3) is 0 Å². The predicted molar refractivity (Wildman–Crippen MR) is 106 cm³/mol. The lowest BCUT2D eigenvalue weighted by Gasteiger charge is -2.25. The van der Waals surface area contributed by atoms with Gasteiger partial charge in [0.1, 0.15) is 0 Å². The van der Waals surface area contributed by atoms with Crippen molar-refractivity contribution in [3.8, 4) is 0 Å². The Morgan fingerprint density at radius 1 is 1.23 bits per heavy atom. The van der Waals surface area contributed by atoms with Crippen molar-refractivity contribution in [2.45, 2.75) is 38.9 Å². The molecule has 0 aliphatic carbocycles. The van der Waals surface area contributed by atoms with Gasteiger partial charge < -0.3 is 10.6 Å². The summed E-state index contributed by atoms with van der Waals surface area (Å²) < 4.78 is 1.81. The van der Waals surface area contributed by atoms with Crippen LogP contribution in [0.4, 0.5) is 0 Å². The van der Waals surface area contributed by atoms with Crippen molar-refractivity contribution < 1.29 is 0 Å². The van der Waals surface area contributed by atoms with Crippen molar-refractivity contribution in [3.05, 3.63) is 53.9 Å².